The molecule has 0 saturated heterocycles. The minimum Gasteiger partial charge on any atom is -0.461 e. The number of carbonyl (C=O) groups excluding carboxylic acids is 4. The maximum atomic E-state index is 12.4. The van der Waals surface area contributed by atoms with Crippen LogP contribution in [0.4, 0.5) is 14.4 Å². The van der Waals surface area contributed by atoms with Gasteiger partial charge in [0.05, 0.1) is 19.8 Å². The standard InChI is InChI=1S/C28H43NO11/c1-17(2)13-35-25(31)39-22-10-9-20(12-23(22)40-26(32)36-14-18(3)4)11-21(29)24(30)34-15-19(5)38-27(33)37-16-28(6,7)8/h9-10,12,17-19,21H,11,13-16,29H2,1-8H3/t19-,21-/m0/s1. The lowest BCUT2D eigenvalue weighted by molar-refractivity contribution is -0.148. The highest BCUT2D eigenvalue weighted by atomic mass is 16.7. The molecule has 1 rings (SSSR count). The minimum atomic E-state index is -1.09. The van der Waals surface area contributed by atoms with Crippen LogP contribution in [-0.2, 0) is 34.9 Å². The highest BCUT2D eigenvalue weighted by molar-refractivity contribution is 5.76. The van der Waals surface area contributed by atoms with Crippen molar-refractivity contribution >= 4 is 24.4 Å². The monoisotopic (exact) mass is 569 g/mol. The van der Waals surface area contributed by atoms with Crippen molar-refractivity contribution in [3.05, 3.63) is 23.8 Å². The van der Waals surface area contributed by atoms with Crippen LogP contribution in [0.15, 0.2) is 18.2 Å². The highest BCUT2D eigenvalue weighted by Gasteiger charge is 2.22. The molecule has 0 bridgehead atoms. The molecule has 0 aliphatic rings. The van der Waals surface area contributed by atoms with Crippen molar-refractivity contribution in [2.24, 2.45) is 23.0 Å². The van der Waals surface area contributed by atoms with Gasteiger partial charge in [-0.1, -0.05) is 54.5 Å². The van der Waals surface area contributed by atoms with E-state index in [1.54, 1.807) is 13.0 Å². The van der Waals surface area contributed by atoms with Gasteiger partial charge in [-0.15, -0.1) is 0 Å². The molecule has 0 aromatic heterocycles. The second-order valence-electron chi connectivity index (χ2n) is 11.4. The molecule has 0 aliphatic carbocycles. The molecule has 0 radical (unpaired) electrons. The van der Waals surface area contributed by atoms with Crippen LogP contribution < -0.4 is 15.2 Å². The van der Waals surface area contributed by atoms with Gasteiger partial charge in [0, 0.05) is 0 Å². The van der Waals surface area contributed by atoms with Gasteiger partial charge in [-0.3, -0.25) is 4.79 Å². The lowest BCUT2D eigenvalue weighted by Crippen LogP contribution is -2.36. The van der Waals surface area contributed by atoms with Gasteiger partial charge in [0.25, 0.3) is 0 Å². The maximum absolute atomic E-state index is 12.4. The Labute approximate surface area is 235 Å². The van der Waals surface area contributed by atoms with Crippen molar-refractivity contribution in [1.82, 2.24) is 0 Å². The maximum Gasteiger partial charge on any atom is 0.513 e. The predicted octanol–water partition coefficient (Wildman–Crippen LogP) is 5.03. The largest absolute Gasteiger partial charge is 0.513 e. The molecule has 0 saturated carbocycles. The van der Waals surface area contributed by atoms with Crippen molar-refractivity contribution in [2.75, 3.05) is 26.4 Å². The molecule has 0 fully saturated rings. The molecule has 0 amide bonds. The molecule has 226 valence electrons. The summed E-state index contributed by atoms with van der Waals surface area (Å²) >= 11 is 0. The molecule has 1 aromatic rings. The van der Waals surface area contributed by atoms with Gasteiger partial charge in [0.15, 0.2) is 11.5 Å². The number of esters is 1. The van der Waals surface area contributed by atoms with Gasteiger partial charge < -0.3 is 38.9 Å². The van der Waals surface area contributed by atoms with Crippen LogP contribution in [0.1, 0.15) is 61.0 Å². The lowest BCUT2D eigenvalue weighted by atomic mass is 9.99. The fraction of sp³-hybridized carbons (Fsp3) is 0.643. The number of carbonyl (C=O) groups is 4. The van der Waals surface area contributed by atoms with E-state index in [9.17, 15) is 19.2 Å². The van der Waals surface area contributed by atoms with Gasteiger partial charge in [-0.05, 0) is 48.3 Å². The third kappa shape index (κ3) is 15.2. The van der Waals surface area contributed by atoms with Crippen LogP contribution in [0.5, 0.6) is 11.5 Å². The van der Waals surface area contributed by atoms with Gasteiger partial charge in [0.2, 0.25) is 0 Å². The van der Waals surface area contributed by atoms with E-state index in [1.807, 2.05) is 48.5 Å². The molecular weight excluding hydrogens is 526 g/mol. The molecule has 0 aliphatic heterocycles. The summed E-state index contributed by atoms with van der Waals surface area (Å²) < 4.78 is 35.8. The smallest absolute Gasteiger partial charge is 0.461 e. The zero-order chi connectivity index (χ0) is 30.5. The molecule has 40 heavy (non-hydrogen) atoms. The van der Waals surface area contributed by atoms with E-state index in [-0.39, 0.29) is 61.6 Å². The fourth-order valence-corrected chi connectivity index (χ4v) is 2.70. The first kappa shape index (κ1) is 34.5. The van der Waals surface area contributed by atoms with E-state index >= 15 is 0 Å². The molecule has 12 nitrogen and oxygen atoms in total. The van der Waals surface area contributed by atoms with Gasteiger partial charge >= 0.3 is 24.4 Å². The van der Waals surface area contributed by atoms with Crippen molar-refractivity contribution < 1.29 is 52.3 Å². The third-order valence-corrected chi connectivity index (χ3v) is 4.60. The van der Waals surface area contributed by atoms with E-state index in [0.29, 0.717) is 5.56 Å². The Balaban J connectivity index is 2.80. The van der Waals surface area contributed by atoms with E-state index in [1.165, 1.54) is 12.1 Å². The van der Waals surface area contributed by atoms with Crippen molar-refractivity contribution in [1.29, 1.82) is 0 Å². The van der Waals surface area contributed by atoms with Crippen molar-refractivity contribution in [2.45, 2.75) is 74.0 Å². The second kappa shape index (κ2) is 16.5. The van der Waals surface area contributed by atoms with Crippen molar-refractivity contribution in [3.8, 4) is 11.5 Å². The predicted molar refractivity (Wildman–Crippen MR) is 144 cm³/mol. The summed E-state index contributed by atoms with van der Waals surface area (Å²) in [5.41, 5.74) is 6.27. The number of hydrogen-bond donors (Lipinski definition) is 1. The average Bonchev–Trinajstić information content (AvgIpc) is 2.84. The minimum absolute atomic E-state index is 0.00280. The lowest BCUT2D eigenvalue weighted by Gasteiger charge is -2.19. The first-order chi connectivity index (χ1) is 18.6. The summed E-state index contributed by atoms with van der Waals surface area (Å²) in [4.78, 5) is 48.4. The zero-order valence-corrected chi connectivity index (χ0v) is 24.6. The summed E-state index contributed by atoms with van der Waals surface area (Å²) in [5.74, 6) is -0.778. The summed E-state index contributed by atoms with van der Waals surface area (Å²) in [6.07, 6.45) is -3.59. The second-order valence-corrected chi connectivity index (χ2v) is 11.4. The van der Waals surface area contributed by atoms with Crippen LogP contribution in [0.3, 0.4) is 0 Å². The zero-order valence-electron chi connectivity index (χ0n) is 24.6. The summed E-state index contributed by atoms with van der Waals surface area (Å²) in [7, 11) is 0. The highest BCUT2D eigenvalue weighted by Crippen LogP contribution is 2.30. The molecule has 2 N–H and O–H groups in total. The topological polar surface area (TPSA) is 159 Å². The van der Waals surface area contributed by atoms with E-state index in [0.717, 1.165) is 0 Å². The average molecular weight is 570 g/mol. The Hall–Kier alpha value is -3.54. The van der Waals surface area contributed by atoms with Crippen LogP contribution in [0.2, 0.25) is 0 Å². The van der Waals surface area contributed by atoms with E-state index in [4.69, 9.17) is 38.9 Å². The van der Waals surface area contributed by atoms with Gasteiger partial charge in [-0.25, -0.2) is 14.4 Å². The Bertz CT molecular complexity index is 985. The summed E-state index contributed by atoms with van der Waals surface area (Å²) in [6, 6.07) is 3.23. The summed E-state index contributed by atoms with van der Waals surface area (Å²) in [5, 5.41) is 0. The summed E-state index contributed by atoms with van der Waals surface area (Å²) in [6.45, 7) is 14.9. The van der Waals surface area contributed by atoms with Crippen molar-refractivity contribution in [3.63, 3.8) is 0 Å². The van der Waals surface area contributed by atoms with Gasteiger partial charge in [-0.2, -0.15) is 0 Å². The molecular formula is C28H43NO11. The number of hydrogen-bond acceptors (Lipinski definition) is 12. The number of ether oxygens (including phenoxy) is 7. The van der Waals surface area contributed by atoms with Crippen LogP contribution >= 0.6 is 0 Å². The Kier molecular flexibility index (Phi) is 14.3. The van der Waals surface area contributed by atoms with E-state index in [2.05, 4.69) is 0 Å². The first-order valence-corrected chi connectivity index (χ1v) is 13.1. The first-order valence-electron chi connectivity index (χ1n) is 13.1. The third-order valence-electron chi connectivity index (χ3n) is 4.60. The Morgan fingerprint density at radius 2 is 1.30 bits per heavy atom. The Morgan fingerprint density at radius 1 is 0.750 bits per heavy atom. The molecule has 0 spiro atoms. The number of rotatable bonds is 13. The Morgan fingerprint density at radius 3 is 1.82 bits per heavy atom. The van der Waals surface area contributed by atoms with Gasteiger partial charge in [0.1, 0.15) is 18.8 Å². The molecule has 2 atom stereocenters. The SMILES string of the molecule is CC(C)COC(=O)Oc1ccc(C[C@H](N)C(=O)OC[C@H](C)OC(=O)OCC(C)(C)C)cc1OC(=O)OCC(C)C. The molecule has 1 aromatic carbocycles. The van der Waals surface area contributed by atoms with E-state index < -0.39 is 36.6 Å². The molecule has 0 heterocycles. The normalized spacial score (nSPS) is 12.8. The number of benzene rings is 1. The van der Waals surface area contributed by atoms with Crippen LogP contribution in [0, 0.1) is 17.3 Å². The van der Waals surface area contributed by atoms with Crippen LogP contribution in [-0.4, -0.2) is 63.0 Å². The van der Waals surface area contributed by atoms with Crippen LogP contribution in [0.25, 0.3) is 0 Å². The molecule has 12 heteroatoms. The number of nitrogens with two attached hydrogens (primary N) is 1. The quantitative estimate of drug-likeness (QED) is 0.192. The fourth-order valence-electron chi connectivity index (χ4n) is 2.70. The molecule has 0 unspecified atom stereocenters.